The van der Waals surface area contributed by atoms with Crippen LogP contribution in [0.5, 0.6) is 11.5 Å². The lowest BCUT2D eigenvalue weighted by atomic mass is 10.1. The van der Waals surface area contributed by atoms with Crippen LogP contribution in [-0.4, -0.2) is 31.0 Å². The SMILES string of the molecule is COc1cccc(CNCCc2n[nH]c3ccc(OC)cc23)c1. The minimum absolute atomic E-state index is 0.808. The second kappa shape index (κ2) is 7.15. The highest BCUT2D eigenvalue weighted by Crippen LogP contribution is 2.22. The predicted molar refractivity (Wildman–Crippen MR) is 91.1 cm³/mol. The van der Waals surface area contributed by atoms with E-state index < -0.39 is 0 Å². The van der Waals surface area contributed by atoms with E-state index in [0.717, 1.165) is 47.6 Å². The maximum absolute atomic E-state index is 5.28. The van der Waals surface area contributed by atoms with E-state index in [2.05, 4.69) is 21.6 Å². The zero-order valence-corrected chi connectivity index (χ0v) is 13.4. The van der Waals surface area contributed by atoms with Crippen LogP contribution in [0.15, 0.2) is 42.5 Å². The van der Waals surface area contributed by atoms with Crippen molar-refractivity contribution in [2.45, 2.75) is 13.0 Å². The van der Waals surface area contributed by atoms with Gasteiger partial charge in [-0.15, -0.1) is 0 Å². The molecule has 0 aliphatic heterocycles. The number of hydrogen-bond acceptors (Lipinski definition) is 4. The van der Waals surface area contributed by atoms with Crippen LogP contribution in [0.4, 0.5) is 0 Å². The van der Waals surface area contributed by atoms with Crippen LogP contribution in [0, 0.1) is 0 Å². The highest BCUT2D eigenvalue weighted by molar-refractivity contribution is 5.82. The molecule has 5 nitrogen and oxygen atoms in total. The largest absolute Gasteiger partial charge is 0.497 e. The molecule has 0 bridgehead atoms. The molecule has 3 aromatic rings. The standard InChI is InChI=1S/C18H21N3O2/c1-22-14-5-3-4-13(10-14)12-19-9-8-18-16-11-15(23-2)6-7-17(16)20-21-18/h3-7,10-11,19H,8-9,12H2,1-2H3,(H,20,21). The molecule has 2 aromatic carbocycles. The van der Waals surface area contributed by atoms with Crippen LogP contribution >= 0.6 is 0 Å². The van der Waals surface area contributed by atoms with Crippen molar-refractivity contribution < 1.29 is 9.47 Å². The number of hydrogen-bond donors (Lipinski definition) is 2. The Morgan fingerprint density at radius 2 is 1.87 bits per heavy atom. The van der Waals surface area contributed by atoms with E-state index >= 15 is 0 Å². The molecule has 0 atom stereocenters. The summed E-state index contributed by atoms with van der Waals surface area (Å²) in [7, 11) is 3.36. The molecule has 0 aliphatic rings. The van der Waals surface area contributed by atoms with Gasteiger partial charge in [0.15, 0.2) is 0 Å². The Labute approximate surface area is 135 Å². The van der Waals surface area contributed by atoms with Crippen molar-refractivity contribution in [3.8, 4) is 11.5 Å². The van der Waals surface area contributed by atoms with E-state index in [9.17, 15) is 0 Å². The van der Waals surface area contributed by atoms with Crippen molar-refractivity contribution >= 4 is 10.9 Å². The lowest BCUT2D eigenvalue weighted by Gasteiger charge is -2.06. The molecule has 1 aromatic heterocycles. The predicted octanol–water partition coefficient (Wildman–Crippen LogP) is 2.91. The quantitative estimate of drug-likeness (QED) is 0.659. The molecule has 0 unspecified atom stereocenters. The van der Waals surface area contributed by atoms with Gasteiger partial charge in [0, 0.05) is 24.9 Å². The van der Waals surface area contributed by atoms with E-state index in [4.69, 9.17) is 9.47 Å². The number of aromatic amines is 1. The van der Waals surface area contributed by atoms with E-state index in [1.807, 2.05) is 36.4 Å². The molecule has 1 heterocycles. The summed E-state index contributed by atoms with van der Waals surface area (Å²) in [5, 5.41) is 12.0. The highest BCUT2D eigenvalue weighted by atomic mass is 16.5. The molecular weight excluding hydrogens is 290 g/mol. The van der Waals surface area contributed by atoms with E-state index in [1.54, 1.807) is 14.2 Å². The molecule has 0 aliphatic carbocycles. The summed E-state index contributed by atoms with van der Waals surface area (Å²) in [5.74, 6) is 1.74. The Hall–Kier alpha value is -2.53. The molecule has 0 amide bonds. The molecule has 2 N–H and O–H groups in total. The summed E-state index contributed by atoms with van der Waals surface area (Å²) >= 11 is 0. The van der Waals surface area contributed by atoms with Crippen LogP contribution in [0.2, 0.25) is 0 Å². The molecule has 0 fully saturated rings. The summed E-state index contributed by atoms with van der Waals surface area (Å²) < 4.78 is 10.5. The zero-order chi connectivity index (χ0) is 16.1. The smallest absolute Gasteiger partial charge is 0.119 e. The van der Waals surface area contributed by atoms with Gasteiger partial charge in [-0.05, 0) is 35.9 Å². The normalized spacial score (nSPS) is 10.9. The molecule has 120 valence electrons. The van der Waals surface area contributed by atoms with E-state index in [0.29, 0.717) is 0 Å². The van der Waals surface area contributed by atoms with Gasteiger partial charge in [-0.25, -0.2) is 0 Å². The maximum atomic E-state index is 5.28. The van der Waals surface area contributed by atoms with Crippen molar-refractivity contribution in [3.05, 3.63) is 53.7 Å². The molecular formula is C18H21N3O2. The van der Waals surface area contributed by atoms with Crippen LogP contribution < -0.4 is 14.8 Å². The number of fused-ring (bicyclic) bond motifs is 1. The van der Waals surface area contributed by atoms with Gasteiger partial charge in [0.2, 0.25) is 0 Å². The Morgan fingerprint density at radius 1 is 1.04 bits per heavy atom. The number of ether oxygens (including phenoxy) is 2. The second-order valence-electron chi connectivity index (χ2n) is 5.36. The number of nitrogens with zero attached hydrogens (tertiary/aromatic N) is 1. The first-order valence-electron chi connectivity index (χ1n) is 7.65. The van der Waals surface area contributed by atoms with Crippen LogP contribution in [0.3, 0.4) is 0 Å². The van der Waals surface area contributed by atoms with E-state index in [-0.39, 0.29) is 0 Å². The summed E-state index contributed by atoms with van der Waals surface area (Å²) in [6.45, 7) is 1.66. The third-order valence-corrected chi connectivity index (χ3v) is 3.85. The van der Waals surface area contributed by atoms with Gasteiger partial charge in [0.05, 0.1) is 25.4 Å². The second-order valence-corrected chi connectivity index (χ2v) is 5.36. The van der Waals surface area contributed by atoms with Gasteiger partial charge in [-0.3, -0.25) is 5.10 Å². The van der Waals surface area contributed by atoms with Crippen LogP contribution in [0.25, 0.3) is 10.9 Å². The van der Waals surface area contributed by atoms with Gasteiger partial charge in [0.25, 0.3) is 0 Å². The van der Waals surface area contributed by atoms with Gasteiger partial charge >= 0.3 is 0 Å². The molecule has 0 saturated heterocycles. The van der Waals surface area contributed by atoms with Gasteiger partial charge in [-0.2, -0.15) is 5.10 Å². The van der Waals surface area contributed by atoms with Crippen molar-refractivity contribution in [1.29, 1.82) is 0 Å². The zero-order valence-electron chi connectivity index (χ0n) is 13.4. The first-order chi connectivity index (χ1) is 11.3. The molecule has 3 rings (SSSR count). The third kappa shape index (κ3) is 3.63. The van der Waals surface area contributed by atoms with Crippen molar-refractivity contribution in [2.75, 3.05) is 20.8 Å². The number of nitrogens with one attached hydrogen (secondary N) is 2. The Bertz CT molecular complexity index is 783. The number of H-pyrrole nitrogens is 1. The molecule has 5 heteroatoms. The Kier molecular flexibility index (Phi) is 4.78. The summed E-state index contributed by atoms with van der Waals surface area (Å²) in [6, 6.07) is 14.0. The lowest BCUT2D eigenvalue weighted by Crippen LogP contribution is -2.16. The monoisotopic (exact) mass is 311 g/mol. The van der Waals surface area contributed by atoms with Crippen molar-refractivity contribution in [2.24, 2.45) is 0 Å². The number of methoxy groups -OCH3 is 2. The number of rotatable bonds is 7. The number of benzene rings is 2. The van der Waals surface area contributed by atoms with E-state index in [1.165, 1.54) is 5.56 Å². The lowest BCUT2D eigenvalue weighted by molar-refractivity contribution is 0.414. The Morgan fingerprint density at radius 3 is 2.70 bits per heavy atom. The fourth-order valence-corrected chi connectivity index (χ4v) is 2.59. The molecule has 0 saturated carbocycles. The Balaban J connectivity index is 1.58. The molecule has 0 spiro atoms. The fourth-order valence-electron chi connectivity index (χ4n) is 2.59. The third-order valence-electron chi connectivity index (χ3n) is 3.85. The summed E-state index contributed by atoms with van der Waals surface area (Å²) in [6.07, 6.45) is 0.858. The average molecular weight is 311 g/mol. The van der Waals surface area contributed by atoms with Gasteiger partial charge in [0.1, 0.15) is 11.5 Å². The van der Waals surface area contributed by atoms with Crippen molar-refractivity contribution in [3.63, 3.8) is 0 Å². The maximum Gasteiger partial charge on any atom is 0.119 e. The minimum atomic E-state index is 0.808. The fraction of sp³-hybridized carbons (Fsp3) is 0.278. The topological polar surface area (TPSA) is 59.2 Å². The van der Waals surface area contributed by atoms with Crippen LogP contribution in [-0.2, 0) is 13.0 Å². The first kappa shape index (κ1) is 15.4. The highest BCUT2D eigenvalue weighted by Gasteiger charge is 2.06. The minimum Gasteiger partial charge on any atom is -0.497 e. The summed E-state index contributed by atoms with van der Waals surface area (Å²) in [5.41, 5.74) is 3.29. The average Bonchev–Trinajstić information content (AvgIpc) is 3.01. The van der Waals surface area contributed by atoms with Crippen molar-refractivity contribution in [1.82, 2.24) is 15.5 Å². The van der Waals surface area contributed by atoms with Gasteiger partial charge in [-0.1, -0.05) is 12.1 Å². The molecule has 23 heavy (non-hydrogen) atoms. The van der Waals surface area contributed by atoms with Crippen LogP contribution in [0.1, 0.15) is 11.3 Å². The first-order valence-corrected chi connectivity index (χ1v) is 7.65. The molecule has 0 radical (unpaired) electrons. The number of aromatic nitrogens is 2. The van der Waals surface area contributed by atoms with Gasteiger partial charge < -0.3 is 14.8 Å². The summed E-state index contributed by atoms with van der Waals surface area (Å²) in [4.78, 5) is 0.